The Hall–Kier alpha value is -2.34. The van der Waals surface area contributed by atoms with E-state index >= 15 is 0 Å². The lowest BCUT2D eigenvalue weighted by Gasteiger charge is -2.09. The van der Waals surface area contributed by atoms with Crippen molar-refractivity contribution in [1.82, 2.24) is 0 Å². The average molecular weight is 316 g/mol. The summed E-state index contributed by atoms with van der Waals surface area (Å²) in [6.45, 7) is 3.86. The second-order valence-electron chi connectivity index (χ2n) is 4.97. The highest BCUT2D eigenvalue weighted by molar-refractivity contribution is 7.98. The quantitative estimate of drug-likeness (QED) is 0.521. The molecule has 2 rings (SSSR count). The fourth-order valence-corrected chi connectivity index (χ4v) is 2.67. The summed E-state index contributed by atoms with van der Waals surface area (Å²) in [5.41, 5.74) is 2.53. The minimum Gasteiger partial charge on any atom is -0.322 e. The standard InChI is InChI=1S/C16H16N2O3S/c1-10-6-11(2)8-12(7-10)17-16(19)14-9-13(22-3)4-5-15(14)18(20)21/h4-9H,1-3H3,(H,17,19). The lowest BCUT2D eigenvalue weighted by atomic mass is 10.1. The largest absolute Gasteiger partial charge is 0.322 e. The van der Waals surface area contributed by atoms with E-state index in [1.165, 1.54) is 17.8 Å². The molecule has 0 aliphatic heterocycles. The molecule has 0 saturated heterocycles. The van der Waals surface area contributed by atoms with Crippen LogP contribution in [0.2, 0.25) is 0 Å². The van der Waals surface area contributed by atoms with E-state index < -0.39 is 10.8 Å². The Bertz CT molecular complexity index is 724. The number of thioether (sulfide) groups is 1. The van der Waals surface area contributed by atoms with E-state index in [1.54, 1.807) is 12.1 Å². The van der Waals surface area contributed by atoms with Gasteiger partial charge in [-0.2, -0.15) is 0 Å². The fraction of sp³-hybridized carbons (Fsp3) is 0.188. The van der Waals surface area contributed by atoms with Crippen LogP contribution < -0.4 is 5.32 Å². The molecule has 0 atom stereocenters. The van der Waals surface area contributed by atoms with Crippen molar-refractivity contribution in [1.29, 1.82) is 0 Å². The third kappa shape index (κ3) is 3.65. The van der Waals surface area contributed by atoms with Crippen molar-refractivity contribution in [2.75, 3.05) is 11.6 Å². The highest BCUT2D eigenvalue weighted by Gasteiger charge is 2.20. The summed E-state index contributed by atoms with van der Waals surface area (Å²) < 4.78 is 0. The van der Waals surface area contributed by atoms with Crippen molar-refractivity contribution in [2.24, 2.45) is 0 Å². The maximum atomic E-state index is 12.4. The molecule has 0 aliphatic rings. The van der Waals surface area contributed by atoms with Gasteiger partial charge in [0.25, 0.3) is 11.6 Å². The van der Waals surface area contributed by atoms with E-state index in [4.69, 9.17) is 0 Å². The number of nitro benzene ring substituents is 1. The summed E-state index contributed by atoms with van der Waals surface area (Å²) in [6, 6.07) is 10.2. The summed E-state index contributed by atoms with van der Waals surface area (Å²) in [6.07, 6.45) is 1.85. The van der Waals surface area contributed by atoms with Crippen LogP contribution in [0.4, 0.5) is 11.4 Å². The van der Waals surface area contributed by atoms with Gasteiger partial charge in [-0.25, -0.2) is 0 Å². The number of carbonyl (C=O) groups excluding carboxylic acids is 1. The summed E-state index contributed by atoms with van der Waals surface area (Å²) in [7, 11) is 0. The van der Waals surface area contributed by atoms with Gasteiger partial charge >= 0.3 is 0 Å². The predicted molar refractivity (Wildman–Crippen MR) is 88.7 cm³/mol. The molecule has 0 aliphatic carbocycles. The Morgan fingerprint density at radius 3 is 2.32 bits per heavy atom. The van der Waals surface area contributed by atoms with Crippen molar-refractivity contribution in [3.8, 4) is 0 Å². The minimum atomic E-state index is -0.541. The maximum absolute atomic E-state index is 12.4. The molecule has 0 bridgehead atoms. The van der Waals surface area contributed by atoms with E-state index in [9.17, 15) is 14.9 Å². The number of nitrogens with zero attached hydrogens (tertiary/aromatic N) is 1. The number of aryl methyl sites for hydroxylation is 2. The zero-order valence-corrected chi connectivity index (χ0v) is 13.4. The first kappa shape index (κ1) is 16.0. The molecule has 22 heavy (non-hydrogen) atoms. The number of carbonyl (C=O) groups is 1. The van der Waals surface area contributed by atoms with Gasteiger partial charge in [0.1, 0.15) is 5.56 Å². The molecule has 1 amide bonds. The molecule has 0 spiro atoms. The molecule has 0 heterocycles. The Balaban J connectivity index is 2.37. The molecule has 2 aromatic rings. The van der Waals surface area contributed by atoms with E-state index in [0.29, 0.717) is 5.69 Å². The molecule has 0 aromatic heterocycles. The van der Waals surface area contributed by atoms with Crippen LogP contribution in [0.5, 0.6) is 0 Å². The number of amides is 1. The molecule has 0 fully saturated rings. The minimum absolute atomic E-state index is 0.0657. The lowest BCUT2D eigenvalue weighted by Crippen LogP contribution is -2.14. The van der Waals surface area contributed by atoms with Crippen LogP contribution in [0.15, 0.2) is 41.3 Å². The number of benzene rings is 2. The van der Waals surface area contributed by atoms with E-state index in [2.05, 4.69) is 5.32 Å². The summed E-state index contributed by atoms with van der Waals surface area (Å²) in [4.78, 5) is 23.8. The Kier molecular flexibility index (Phi) is 4.82. The van der Waals surface area contributed by atoms with Gasteiger partial charge in [-0.05, 0) is 55.5 Å². The number of anilines is 1. The van der Waals surface area contributed by atoms with Crippen LogP contribution in [0.3, 0.4) is 0 Å². The van der Waals surface area contributed by atoms with Crippen LogP contribution in [0.25, 0.3) is 0 Å². The van der Waals surface area contributed by atoms with Crippen molar-refractivity contribution in [3.63, 3.8) is 0 Å². The molecular formula is C16H16N2O3S. The smallest absolute Gasteiger partial charge is 0.282 e. The highest BCUT2D eigenvalue weighted by Crippen LogP contribution is 2.26. The Labute approximate surface area is 132 Å². The molecule has 0 radical (unpaired) electrons. The van der Waals surface area contributed by atoms with Gasteiger partial charge in [-0.3, -0.25) is 14.9 Å². The van der Waals surface area contributed by atoms with Gasteiger partial charge < -0.3 is 5.32 Å². The first-order chi connectivity index (χ1) is 10.4. The molecular weight excluding hydrogens is 300 g/mol. The summed E-state index contributed by atoms with van der Waals surface area (Å²) >= 11 is 1.43. The number of hydrogen-bond donors (Lipinski definition) is 1. The monoisotopic (exact) mass is 316 g/mol. The van der Waals surface area contributed by atoms with Crippen molar-refractivity contribution in [3.05, 3.63) is 63.2 Å². The first-order valence-electron chi connectivity index (χ1n) is 6.63. The van der Waals surface area contributed by atoms with Crippen molar-refractivity contribution in [2.45, 2.75) is 18.7 Å². The van der Waals surface area contributed by atoms with E-state index in [0.717, 1.165) is 16.0 Å². The van der Waals surface area contributed by atoms with Gasteiger partial charge in [0, 0.05) is 16.6 Å². The third-order valence-corrected chi connectivity index (χ3v) is 3.85. The van der Waals surface area contributed by atoms with Crippen molar-refractivity contribution < 1.29 is 9.72 Å². The van der Waals surface area contributed by atoms with Gasteiger partial charge in [-0.1, -0.05) is 6.07 Å². The average Bonchev–Trinajstić information content (AvgIpc) is 2.45. The number of rotatable bonds is 4. The first-order valence-corrected chi connectivity index (χ1v) is 7.85. The fourth-order valence-electron chi connectivity index (χ4n) is 2.23. The van der Waals surface area contributed by atoms with Gasteiger partial charge in [0.05, 0.1) is 4.92 Å². The van der Waals surface area contributed by atoms with E-state index in [1.807, 2.05) is 38.3 Å². The maximum Gasteiger partial charge on any atom is 0.282 e. The molecule has 5 nitrogen and oxygen atoms in total. The van der Waals surface area contributed by atoms with Crippen LogP contribution in [0, 0.1) is 24.0 Å². The van der Waals surface area contributed by atoms with Crippen LogP contribution in [0.1, 0.15) is 21.5 Å². The molecule has 0 unspecified atom stereocenters. The Morgan fingerprint density at radius 1 is 1.14 bits per heavy atom. The summed E-state index contributed by atoms with van der Waals surface area (Å²) in [5.74, 6) is -0.479. The number of nitrogens with one attached hydrogen (secondary N) is 1. The van der Waals surface area contributed by atoms with Crippen LogP contribution >= 0.6 is 11.8 Å². The normalized spacial score (nSPS) is 10.3. The van der Waals surface area contributed by atoms with Crippen molar-refractivity contribution >= 4 is 29.0 Å². The molecule has 1 N–H and O–H groups in total. The second kappa shape index (κ2) is 6.62. The molecule has 114 valence electrons. The predicted octanol–water partition coefficient (Wildman–Crippen LogP) is 4.19. The summed E-state index contributed by atoms with van der Waals surface area (Å²) in [5, 5.41) is 13.8. The third-order valence-electron chi connectivity index (χ3n) is 3.12. The number of hydrogen-bond acceptors (Lipinski definition) is 4. The highest BCUT2D eigenvalue weighted by atomic mass is 32.2. The van der Waals surface area contributed by atoms with Gasteiger partial charge in [-0.15, -0.1) is 11.8 Å². The molecule has 6 heteroatoms. The molecule has 0 saturated carbocycles. The Morgan fingerprint density at radius 2 is 1.77 bits per heavy atom. The topological polar surface area (TPSA) is 72.2 Å². The second-order valence-corrected chi connectivity index (χ2v) is 5.85. The zero-order valence-electron chi connectivity index (χ0n) is 12.5. The van der Waals surface area contributed by atoms with Crippen LogP contribution in [-0.2, 0) is 0 Å². The van der Waals surface area contributed by atoms with Gasteiger partial charge in [0.15, 0.2) is 0 Å². The SMILES string of the molecule is CSc1ccc([N+](=O)[O-])c(C(=O)Nc2cc(C)cc(C)c2)c1. The number of nitro groups is 1. The van der Waals surface area contributed by atoms with E-state index in [-0.39, 0.29) is 11.3 Å². The zero-order chi connectivity index (χ0) is 16.3. The van der Waals surface area contributed by atoms with Gasteiger partial charge in [0.2, 0.25) is 0 Å². The molecule has 2 aromatic carbocycles. The van der Waals surface area contributed by atoms with Crippen LogP contribution in [-0.4, -0.2) is 17.1 Å². The lowest BCUT2D eigenvalue weighted by molar-refractivity contribution is -0.385.